The van der Waals surface area contributed by atoms with Crippen LogP contribution in [0.4, 0.5) is 11.4 Å². The molecule has 8 heteroatoms. The van der Waals surface area contributed by atoms with E-state index in [1.165, 1.54) is 46.3 Å². The third-order valence-corrected chi connectivity index (χ3v) is 11.7. The molecule has 3 atom stereocenters. The Morgan fingerprint density at radius 1 is 0.725 bits per heavy atom. The maximum absolute atomic E-state index is 12.2. The van der Waals surface area contributed by atoms with E-state index in [-0.39, 0.29) is 23.8 Å². The summed E-state index contributed by atoms with van der Waals surface area (Å²) in [5, 5.41) is 16.0. The highest BCUT2D eigenvalue weighted by molar-refractivity contribution is 6.01. The van der Waals surface area contributed by atoms with Crippen LogP contribution in [-0.4, -0.2) is 78.1 Å². The molecule has 4 aromatic carbocycles. The predicted molar refractivity (Wildman–Crippen MR) is 202 cm³/mol. The minimum atomic E-state index is -0.364. The highest BCUT2D eigenvalue weighted by Crippen LogP contribution is 2.47. The third kappa shape index (κ3) is 7.53. The lowest BCUT2D eigenvalue weighted by molar-refractivity contribution is -0.133. The van der Waals surface area contributed by atoms with Gasteiger partial charge in [0.2, 0.25) is 11.8 Å². The number of amides is 2. The van der Waals surface area contributed by atoms with E-state index in [0.717, 1.165) is 64.3 Å². The Bertz CT molecular complexity index is 1830. The minimum absolute atomic E-state index is 0.190. The van der Waals surface area contributed by atoms with Crippen LogP contribution in [0.2, 0.25) is 0 Å². The Balaban J connectivity index is 0.844. The predicted octanol–water partition coefficient (Wildman–Crippen LogP) is 6.26. The van der Waals surface area contributed by atoms with Crippen molar-refractivity contribution in [2.24, 2.45) is 0 Å². The average molecular weight is 684 g/mol. The maximum Gasteiger partial charge on any atom is 0.249 e. The molecule has 8 nitrogen and oxygen atoms in total. The zero-order chi connectivity index (χ0) is 34.7. The Hall–Kier alpha value is -4.66. The van der Waals surface area contributed by atoms with Gasteiger partial charge in [-0.1, -0.05) is 60.7 Å². The summed E-state index contributed by atoms with van der Waals surface area (Å²) in [7, 11) is 0. The number of aromatic hydroxyl groups is 1. The molecule has 4 aromatic rings. The minimum Gasteiger partial charge on any atom is -0.508 e. The van der Waals surface area contributed by atoms with Crippen LogP contribution in [0.1, 0.15) is 71.8 Å². The number of anilines is 2. The molecular weight excluding hydrogens is 635 g/mol. The van der Waals surface area contributed by atoms with Gasteiger partial charge in [-0.05, 0) is 102 Å². The van der Waals surface area contributed by atoms with Crippen molar-refractivity contribution in [1.29, 1.82) is 0 Å². The summed E-state index contributed by atoms with van der Waals surface area (Å²) in [5.41, 5.74) is 8.84. The van der Waals surface area contributed by atoms with E-state index >= 15 is 0 Å². The van der Waals surface area contributed by atoms with Gasteiger partial charge in [0, 0.05) is 75.6 Å². The molecule has 0 radical (unpaired) electrons. The zero-order valence-electron chi connectivity index (χ0n) is 29.3. The number of phenolic OH excluding ortho intramolecular Hbond substituents is 1. The molecule has 3 heterocycles. The zero-order valence-corrected chi connectivity index (χ0v) is 29.3. The first kappa shape index (κ1) is 33.5. The first-order chi connectivity index (χ1) is 25.0. The fraction of sp³-hybridized carbons (Fsp3) is 0.395. The van der Waals surface area contributed by atoms with Crippen LogP contribution in [-0.2, 0) is 22.6 Å². The number of carbonyl (C=O) groups excluding carboxylic acids is 2. The molecule has 3 fully saturated rings. The topological polar surface area (TPSA) is 88.2 Å². The van der Waals surface area contributed by atoms with Crippen LogP contribution in [0, 0.1) is 0 Å². The number of piperazine rings is 1. The molecule has 0 spiro atoms. The Morgan fingerprint density at radius 3 is 2.27 bits per heavy atom. The number of phenols is 1. The summed E-state index contributed by atoms with van der Waals surface area (Å²) in [5.74, 6) is 0.615. The number of carbonyl (C=O) groups is 2. The molecule has 0 bridgehead atoms. The highest BCUT2D eigenvalue weighted by Gasteiger charge is 2.33. The fourth-order valence-electron chi connectivity index (χ4n) is 9.00. The summed E-state index contributed by atoms with van der Waals surface area (Å²) >= 11 is 0. The van der Waals surface area contributed by atoms with E-state index < -0.39 is 0 Å². The number of hydrogen-bond donors (Lipinski definition) is 3. The molecule has 264 valence electrons. The van der Waals surface area contributed by atoms with E-state index in [9.17, 15) is 14.7 Å². The number of rotatable bonds is 8. The number of aryl methyl sites for hydroxylation is 1. The number of nitrogens with zero attached hydrogens (tertiary/aromatic N) is 3. The van der Waals surface area contributed by atoms with Crippen molar-refractivity contribution in [3.05, 3.63) is 125 Å². The molecule has 1 unspecified atom stereocenters. The second kappa shape index (κ2) is 14.9. The lowest BCUT2D eigenvalue weighted by atomic mass is 9.69. The van der Waals surface area contributed by atoms with Crippen molar-refractivity contribution in [2.75, 3.05) is 49.5 Å². The van der Waals surface area contributed by atoms with Gasteiger partial charge in [-0.3, -0.25) is 24.7 Å². The molecule has 8 rings (SSSR count). The molecule has 3 aliphatic heterocycles. The Labute approximate surface area is 301 Å². The molecular formula is C43H49N5O3. The van der Waals surface area contributed by atoms with E-state index in [0.29, 0.717) is 30.6 Å². The van der Waals surface area contributed by atoms with Gasteiger partial charge in [0.25, 0.3) is 0 Å². The molecule has 1 aliphatic carbocycles. The smallest absolute Gasteiger partial charge is 0.249 e. The van der Waals surface area contributed by atoms with Crippen molar-refractivity contribution in [3.8, 4) is 5.75 Å². The maximum atomic E-state index is 12.2. The van der Waals surface area contributed by atoms with Gasteiger partial charge in [0.1, 0.15) is 11.8 Å². The number of imide groups is 1. The number of hydrogen-bond acceptors (Lipinski definition) is 7. The molecule has 4 aliphatic rings. The summed E-state index contributed by atoms with van der Waals surface area (Å²) < 4.78 is 0. The van der Waals surface area contributed by atoms with Crippen LogP contribution in [0.5, 0.6) is 5.75 Å². The van der Waals surface area contributed by atoms with Crippen LogP contribution in [0.25, 0.3) is 0 Å². The van der Waals surface area contributed by atoms with Crippen molar-refractivity contribution in [2.45, 2.75) is 69.0 Å². The van der Waals surface area contributed by atoms with E-state index in [4.69, 9.17) is 0 Å². The molecule has 0 saturated carbocycles. The average Bonchev–Trinajstić information content (AvgIpc) is 3.16. The largest absolute Gasteiger partial charge is 0.508 e. The van der Waals surface area contributed by atoms with Gasteiger partial charge in [-0.15, -0.1) is 0 Å². The number of nitrogens with one attached hydrogen (secondary N) is 2. The van der Waals surface area contributed by atoms with Crippen molar-refractivity contribution in [3.63, 3.8) is 0 Å². The summed E-state index contributed by atoms with van der Waals surface area (Å²) in [6.45, 7) is 7.35. The van der Waals surface area contributed by atoms with E-state index in [2.05, 4.69) is 98.1 Å². The molecule has 3 saturated heterocycles. The van der Waals surface area contributed by atoms with Crippen LogP contribution < -0.4 is 15.5 Å². The van der Waals surface area contributed by atoms with Gasteiger partial charge in [0.15, 0.2) is 0 Å². The Morgan fingerprint density at radius 2 is 1.51 bits per heavy atom. The number of fused-ring (bicyclic) bond motifs is 1. The van der Waals surface area contributed by atoms with Gasteiger partial charge in [-0.25, -0.2) is 0 Å². The number of benzene rings is 4. The van der Waals surface area contributed by atoms with Gasteiger partial charge < -0.3 is 15.3 Å². The first-order valence-corrected chi connectivity index (χ1v) is 18.8. The fourth-order valence-corrected chi connectivity index (χ4v) is 9.00. The normalized spacial score (nSPS) is 23.5. The quantitative estimate of drug-likeness (QED) is 0.189. The lowest BCUT2D eigenvalue weighted by Crippen LogP contribution is -2.53. The molecule has 0 aromatic heterocycles. The number of piperidine rings is 2. The van der Waals surface area contributed by atoms with E-state index in [1.54, 1.807) is 0 Å². The third-order valence-electron chi connectivity index (χ3n) is 11.7. The standard InChI is InChI=1S/C43H49N5O3/c49-37-14-16-39-33(28-37)11-15-38(31-6-2-1-3-7-31)42(39)32-9-12-35(13-10-32)47-21-19-36(20-22-47)48-25-23-46(24-26-48)29-30-5-4-8-34(27-30)44-40-17-18-41(50)45-43(40)51/h1-10,12-14,16,27-28,36,38,40,42,44,49H,11,15,17-26,29H2,(H,45,50,51)/t38-,40?,42+/m0/s1. The van der Waals surface area contributed by atoms with E-state index in [1.807, 2.05) is 24.3 Å². The Kier molecular flexibility index (Phi) is 9.78. The SMILES string of the molecule is O=C1CCC(Nc2cccc(CN3CCN(C4CCN(c5ccc([C@H]6c7ccc(O)cc7CC[C@H]6c6ccccc6)cc5)CC4)CC3)c2)C(=O)N1. The second-order valence-electron chi connectivity index (χ2n) is 14.9. The molecule has 51 heavy (non-hydrogen) atoms. The second-order valence-corrected chi connectivity index (χ2v) is 14.9. The van der Waals surface area contributed by atoms with Crippen LogP contribution in [0.3, 0.4) is 0 Å². The van der Waals surface area contributed by atoms with Crippen molar-refractivity contribution in [1.82, 2.24) is 15.1 Å². The summed E-state index contributed by atoms with van der Waals surface area (Å²) in [4.78, 5) is 31.5. The monoisotopic (exact) mass is 683 g/mol. The lowest BCUT2D eigenvalue weighted by Gasteiger charge is -2.43. The highest BCUT2D eigenvalue weighted by atomic mass is 16.3. The van der Waals surface area contributed by atoms with Gasteiger partial charge >= 0.3 is 0 Å². The summed E-state index contributed by atoms with van der Waals surface area (Å²) in [6.07, 6.45) is 5.34. The van der Waals surface area contributed by atoms with Crippen molar-refractivity contribution >= 4 is 23.2 Å². The molecule has 2 amide bonds. The molecule has 3 N–H and O–H groups in total. The van der Waals surface area contributed by atoms with Crippen molar-refractivity contribution < 1.29 is 14.7 Å². The summed E-state index contributed by atoms with van der Waals surface area (Å²) in [6, 6.07) is 34.9. The van der Waals surface area contributed by atoms with Gasteiger partial charge in [0.05, 0.1) is 0 Å². The van der Waals surface area contributed by atoms with Crippen LogP contribution in [0.15, 0.2) is 97.1 Å². The van der Waals surface area contributed by atoms with Crippen LogP contribution >= 0.6 is 0 Å². The first-order valence-electron chi connectivity index (χ1n) is 18.8. The van der Waals surface area contributed by atoms with Gasteiger partial charge in [-0.2, -0.15) is 0 Å².